The first-order valence-corrected chi connectivity index (χ1v) is 5.67. The van der Waals surface area contributed by atoms with Crippen LogP contribution in [-0.4, -0.2) is 25.3 Å². The zero-order valence-corrected chi connectivity index (χ0v) is 11.1. The highest BCUT2D eigenvalue weighted by Gasteiger charge is 2.33. The van der Waals surface area contributed by atoms with Crippen molar-refractivity contribution < 1.29 is 14.3 Å². The highest BCUT2D eigenvalue weighted by Crippen LogP contribution is 2.30. The maximum Gasteiger partial charge on any atom is 0.315 e. The Balaban J connectivity index is 4.49. The van der Waals surface area contributed by atoms with Crippen molar-refractivity contribution in [3.8, 4) is 0 Å². The third kappa shape index (κ3) is 4.35. The highest BCUT2D eigenvalue weighted by atomic mass is 16.5. The summed E-state index contributed by atoms with van der Waals surface area (Å²) in [5, 5.41) is 0. The molecule has 0 heterocycles. The molecule has 94 valence electrons. The molecule has 0 N–H and O–H groups in total. The summed E-state index contributed by atoms with van der Waals surface area (Å²) < 4.78 is 10.4. The summed E-state index contributed by atoms with van der Waals surface area (Å²) >= 11 is 0. The van der Waals surface area contributed by atoms with Crippen LogP contribution in [-0.2, 0) is 14.3 Å². The molecule has 0 spiro atoms. The van der Waals surface area contributed by atoms with Gasteiger partial charge in [0.2, 0.25) is 0 Å². The van der Waals surface area contributed by atoms with Gasteiger partial charge in [0, 0.05) is 7.11 Å². The van der Waals surface area contributed by atoms with Crippen molar-refractivity contribution in [1.29, 1.82) is 0 Å². The van der Waals surface area contributed by atoms with Crippen LogP contribution in [0.3, 0.4) is 0 Å². The number of hydrogen-bond donors (Lipinski definition) is 0. The molecule has 0 aliphatic rings. The smallest absolute Gasteiger partial charge is 0.315 e. The number of carbonyl (C=O) groups excluding carboxylic acids is 1. The molecule has 16 heavy (non-hydrogen) atoms. The molecule has 3 nitrogen and oxygen atoms in total. The topological polar surface area (TPSA) is 35.5 Å². The first-order chi connectivity index (χ1) is 7.31. The summed E-state index contributed by atoms with van der Waals surface area (Å²) in [6.07, 6.45) is 3.12. The lowest BCUT2D eigenvalue weighted by molar-refractivity contribution is -0.152. The molecular weight excluding hydrogens is 204 g/mol. The second-order valence-electron chi connectivity index (χ2n) is 4.81. The number of rotatable bonds is 7. The molecule has 1 unspecified atom stereocenters. The number of carbonyl (C=O) groups is 1. The minimum atomic E-state index is -0.619. The Morgan fingerprint density at radius 3 is 2.25 bits per heavy atom. The molecule has 0 aliphatic heterocycles. The maximum atomic E-state index is 11.8. The van der Waals surface area contributed by atoms with E-state index in [9.17, 15) is 4.79 Å². The minimum absolute atomic E-state index is 0.211. The summed E-state index contributed by atoms with van der Waals surface area (Å²) in [5.41, 5.74) is -0.845. The van der Waals surface area contributed by atoms with E-state index in [-0.39, 0.29) is 11.6 Å². The van der Waals surface area contributed by atoms with Gasteiger partial charge < -0.3 is 9.47 Å². The molecule has 0 aromatic carbocycles. The van der Waals surface area contributed by atoms with Gasteiger partial charge in [-0.3, -0.25) is 4.79 Å². The zero-order chi connectivity index (χ0) is 12.8. The van der Waals surface area contributed by atoms with Crippen LogP contribution in [0.4, 0.5) is 0 Å². The van der Waals surface area contributed by atoms with E-state index in [1.165, 1.54) is 0 Å². The van der Waals surface area contributed by atoms with Gasteiger partial charge in [0.15, 0.2) is 0 Å². The molecule has 0 fully saturated rings. The molecule has 0 radical (unpaired) electrons. The van der Waals surface area contributed by atoms with Gasteiger partial charge >= 0.3 is 5.97 Å². The Bertz CT molecular complexity index is 246. The van der Waals surface area contributed by atoms with Crippen LogP contribution in [0.1, 0.15) is 40.5 Å². The van der Waals surface area contributed by atoms with Gasteiger partial charge in [0.25, 0.3) is 0 Å². The number of hydrogen-bond acceptors (Lipinski definition) is 3. The van der Waals surface area contributed by atoms with Crippen molar-refractivity contribution in [3.05, 3.63) is 12.7 Å². The summed E-state index contributed by atoms with van der Waals surface area (Å²) in [4.78, 5) is 11.8. The second kappa shape index (κ2) is 6.04. The maximum absolute atomic E-state index is 11.8. The van der Waals surface area contributed by atoms with Gasteiger partial charge in [-0.05, 0) is 40.5 Å². The van der Waals surface area contributed by atoms with Crippen molar-refractivity contribution in [1.82, 2.24) is 0 Å². The molecule has 0 aromatic heterocycles. The zero-order valence-electron chi connectivity index (χ0n) is 11.1. The van der Waals surface area contributed by atoms with Crippen LogP contribution in [0.25, 0.3) is 0 Å². The van der Waals surface area contributed by atoms with Crippen molar-refractivity contribution in [2.24, 2.45) is 5.41 Å². The van der Waals surface area contributed by atoms with Crippen molar-refractivity contribution in [2.75, 3.05) is 13.7 Å². The fourth-order valence-electron chi connectivity index (χ4n) is 1.25. The molecule has 0 saturated heterocycles. The van der Waals surface area contributed by atoms with E-state index in [4.69, 9.17) is 9.47 Å². The van der Waals surface area contributed by atoms with Gasteiger partial charge in [-0.25, -0.2) is 0 Å². The van der Waals surface area contributed by atoms with Crippen LogP contribution < -0.4 is 0 Å². The summed E-state index contributed by atoms with van der Waals surface area (Å²) in [7, 11) is 1.68. The number of methoxy groups -OCH3 is 1. The first kappa shape index (κ1) is 15.2. The third-order valence-electron chi connectivity index (χ3n) is 2.99. The molecule has 0 saturated carbocycles. The molecule has 3 heteroatoms. The Morgan fingerprint density at radius 2 is 1.88 bits per heavy atom. The van der Waals surface area contributed by atoms with Gasteiger partial charge in [-0.15, -0.1) is 6.58 Å². The largest absolute Gasteiger partial charge is 0.465 e. The van der Waals surface area contributed by atoms with E-state index in [1.807, 2.05) is 20.8 Å². The molecule has 1 atom stereocenters. The van der Waals surface area contributed by atoms with E-state index in [0.717, 1.165) is 6.42 Å². The predicted octanol–water partition coefficient (Wildman–Crippen LogP) is 2.95. The summed E-state index contributed by atoms with van der Waals surface area (Å²) in [6, 6.07) is 0. The summed E-state index contributed by atoms with van der Waals surface area (Å²) in [5.74, 6) is -0.211. The van der Waals surface area contributed by atoms with E-state index < -0.39 is 5.41 Å². The van der Waals surface area contributed by atoms with Crippen molar-refractivity contribution >= 4 is 5.97 Å². The second-order valence-corrected chi connectivity index (χ2v) is 4.81. The molecule has 0 amide bonds. The lowest BCUT2D eigenvalue weighted by Crippen LogP contribution is -2.32. The van der Waals surface area contributed by atoms with Crippen molar-refractivity contribution in [3.63, 3.8) is 0 Å². The van der Waals surface area contributed by atoms with E-state index in [2.05, 4.69) is 6.58 Å². The average Bonchev–Trinajstić information content (AvgIpc) is 2.26. The Morgan fingerprint density at radius 1 is 1.31 bits per heavy atom. The Labute approximate surface area is 98.8 Å². The standard InChI is InChI=1S/C13H24O3/c1-7-13(5,11(14)16-8-2)10-9-12(3,4)15-6/h7H,1,8-10H2,2-6H3. The fraction of sp³-hybridized carbons (Fsp3) is 0.769. The molecule has 0 bridgehead atoms. The monoisotopic (exact) mass is 228 g/mol. The lowest BCUT2D eigenvalue weighted by Gasteiger charge is -2.29. The third-order valence-corrected chi connectivity index (χ3v) is 2.99. The summed E-state index contributed by atoms with van der Waals surface area (Å²) in [6.45, 7) is 11.8. The molecule has 0 aromatic rings. The first-order valence-electron chi connectivity index (χ1n) is 5.67. The fourth-order valence-corrected chi connectivity index (χ4v) is 1.25. The van der Waals surface area contributed by atoms with Gasteiger partial charge in [0.1, 0.15) is 0 Å². The molecule has 0 aliphatic carbocycles. The number of ether oxygens (including phenoxy) is 2. The SMILES string of the molecule is C=CC(C)(CCC(C)(C)OC)C(=O)OCC. The van der Waals surface area contributed by atoms with E-state index in [0.29, 0.717) is 13.0 Å². The predicted molar refractivity (Wildman–Crippen MR) is 65.3 cm³/mol. The van der Waals surface area contributed by atoms with E-state index in [1.54, 1.807) is 20.1 Å². The van der Waals surface area contributed by atoms with Crippen molar-refractivity contribution in [2.45, 2.75) is 46.1 Å². The van der Waals surface area contributed by atoms with Crippen LogP contribution in [0.5, 0.6) is 0 Å². The van der Waals surface area contributed by atoms with Crippen LogP contribution in [0.15, 0.2) is 12.7 Å². The minimum Gasteiger partial charge on any atom is -0.465 e. The Kier molecular flexibility index (Phi) is 5.73. The van der Waals surface area contributed by atoms with Crippen LogP contribution in [0, 0.1) is 5.41 Å². The van der Waals surface area contributed by atoms with Gasteiger partial charge in [-0.1, -0.05) is 6.08 Å². The highest BCUT2D eigenvalue weighted by molar-refractivity contribution is 5.78. The Hall–Kier alpha value is -0.830. The van der Waals surface area contributed by atoms with Crippen LogP contribution in [0.2, 0.25) is 0 Å². The molecule has 0 rings (SSSR count). The molecular formula is C13H24O3. The van der Waals surface area contributed by atoms with Gasteiger partial charge in [0.05, 0.1) is 17.6 Å². The van der Waals surface area contributed by atoms with Crippen LogP contribution >= 0.6 is 0 Å². The normalized spacial score (nSPS) is 15.3. The average molecular weight is 228 g/mol. The van der Waals surface area contributed by atoms with E-state index >= 15 is 0 Å². The lowest BCUT2D eigenvalue weighted by atomic mass is 9.82. The van der Waals surface area contributed by atoms with Gasteiger partial charge in [-0.2, -0.15) is 0 Å². The quantitative estimate of drug-likeness (QED) is 0.496. The number of esters is 1.